The summed E-state index contributed by atoms with van der Waals surface area (Å²) in [5, 5.41) is 10.4. The van der Waals surface area contributed by atoms with Gasteiger partial charge >= 0.3 is 0 Å². The molecule has 66 valence electrons. The molecule has 0 N–H and O–H groups in total. The van der Waals surface area contributed by atoms with E-state index in [0.29, 0.717) is 11.3 Å². The van der Waals surface area contributed by atoms with E-state index in [9.17, 15) is 14.7 Å². The second kappa shape index (κ2) is 2.58. The summed E-state index contributed by atoms with van der Waals surface area (Å²) >= 11 is 0. The third-order valence-corrected chi connectivity index (χ3v) is 1.85. The van der Waals surface area contributed by atoms with E-state index in [2.05, 4.69) is 0 Å². The van der Waals surface area contributed by atoms with Crippen molar-refractivity contribution in [2.24, 2.45) is 0 Å². The number of ketones is 1. The average Bonchev–Trinajstić information content (AvgIpc) is 2.45. The van der Waals surface area contributed by atoms with E-state index in [0.717, 1.165) is 0 Å². The molecule has 1 aromatic rings. The average molecular weight is 177 g/mol. The minimum Gasteiger partial charge on any atom is -0.546 e. The highest BCUT2D eigenvalue weighted by Gasteiger charge is 2.32. The molecular formula is C9H5O4-. The van der Waals surface area contributed by atoms with Crippen molar-refractivity contribution in [3.63, 3.8) is 0 Å². The summed E-state index contributed by atoms with van der Waals surface area (Å²) in [7, 11) is 0. The highest BCUT2D eigenvalue weighted by molar-refractivity contribution is 6.14. The van der Waals surface area contributed by atoms with Gasteiger partial charge in [-0.1, -0.05) is 12.1 Å². The summed E-state index contributed by atoms with van der Waals surface area (Å²) in [6.45, 7) is 0. The van der Waals surface area contributed by atoms with Crippen LogP contribution in [-0.2, 0) is 4.79 Å². The molecule has 1 unspecified atom stereocenters. The largest absolute Gasteiger partial charge is 0.546 e. The third-order valence-electron chi connectivity index (χ3n) is 1.85. The maximum atomic E-state index is 11.3. The molecular weight excluding hydrogens is 172 g/mol. The van der Waals surface area contributed by atoms with E-state index in [4.69, 9.17) is 4.74 Å². The van der Waals surface area contributed by atoms with Gasteiger partial charge in [-0.15, -0.1) is 0 Å². The predicted molar refractivity (Wildman–Crippen MR) is 40.2 cm³/mol. The van der Waals surface area contributed by atoms with Crippen LogP contribution in [0.25, 0.3) is 0 Å². The number of carboxylic acid groups (broad SMARTS) is 1. The summed E-state index contributed by atoms with van der Waals surface area (Å²) in [4.78, 5) is 21.7. The fourth-order valence-corrected chi connectivity index (χ4v) is 1.25. The summed E-state index contributed by atoms with van der Waals surface area (Å²) in [5.41, 5.74) is 0.303. The molecule has 4 heteroatoms. The molecule has 13 heavy (non-hydrogen) atoms. The van der Waals surface area contributed by atoms with Gasteiger partial charge in [-0.25, -0.2) is 0 Å². The molecule has 1 atom stereocenters. The monoisotopic (exact) mass is 177 g/mol. The second-order valence-electron chi connectivity index (χ2n) is 2.68. The van der Waals surface area contributed by atoms with Gasteiger partial charge in [-0.3, -0.25) is 4.79 Å². The number of rotatable bonds is 1. The molecule has 1 aromatic carbocycles. The van der Waals surface area contributed by atoms with Crippen molar-refractivity contribution in [2.45, 2.75) is 6.10 Å². The molecule has 0 radical (unpaired) electrons. The number of fused-ring (bicyclic) bond motifs is 1. The first-order valence-electron chi connectivity index (χ1n) is 3.71. The molecule has 0 aromatic heterocycles. The molecule has 0 spiro atoms. The van der Waals surface area contributed by atoms with Crippen molar-refractivity contribution in [3.8, 4) is 5.75 Å². The van der Waals surface area contributed by atoms with Crippen LogP contribution in [0.3, 0.4) is 0 Å². The Labute approximate surface area is 73.8 Å². The molecule has 0 aliphatic carbocycles. The maximum absolute atomic E-state index is 11.3. The van der Waals surface area contributed by atoms with Crippen molar-refractivity contribution in [1.82, 2.24) is 0 Å². The molecule has 4 nitrogen and oxygen atoms in total. The Kier molecular flexibility index (Phi) is 1.55. The van der Waals surface area contributed by atoms with E-state index in [1.807, 2.05) is 0 Å². The van der Waals surface area contributed by atoms with Crippen LogP contribution in [-0.4, -0.2) is 17.9 Å². The normalized spacial score (nSPS) is 19.4. The Hall–Kier alpha value is -1.84. The lowest BCUT2D eigenvalue weighted by molar-refractivity contribution is -0.310. The minimum atomic E-state index is -1.50. The van der Waals surface area contributed by atoms with Crippen LogP contribution in [0.1, 0.15) is 10.4 Å². The zero-order chi connectivity index (χ0) is 9.42. The first kappa shape index (κ1) is 7.79. The predicted octanol–water partition coefficient (Wildman–Crippen LogP) is -0.620. The number of hydrogen-bond acceptors (Lipinski definition) is 4. The second-order valence-corrected chi connectivity index (χ2v) is 2.68. The Bertz CT molecular complexity index is 383. The van der Waals surface area contributed by atoms with Crippen molar-refractivity contribution in [2.75, 3.05) is 0 Å². The summed E-state index contributed by atoms with van der Waals surface area (Å²) < 4.78 is 4.87. The SMILES string of the molecule is O=C([O-])C1Oc2ccccc2C1=O. The maximum Gasteiger partial charge on any atom is 0.212 e. The van der Waals surface area contributed by atoms with Gasteiger partial charge in [-0.2, -0.15) is 0 Å². The molecule has 0 amide bonds. The fourth-order valence-electron chi connectivity index (χ4n) is 1.25. The van der Waals surface area contributed by atoms with Gasteiger partial charge in [0.05, 0.1) is 11.5 Å². The zero-order valence-electron chi connectivity index (χ0n) is 6.52. The molecule has 0 saturated carbocycles. The number of para-hydroxylation sites is 1. The van der Waals surface area contributed by atoms with Crippen molar-refractivity contribution < 1.29 is 19.4 Å². The zero-order valence-corrected chi connectivity index (χ0v) is 6.52. The number of Topliss-reactive ketones (excluding diaryl/α,β-unsaturated/α-hetero) is 1. The van der Waals surface area contributed by atoms with Crippen LogP contribution in [0.4, 0.5) is 0 Å². The number of aliphatic carboxylic acids is 1. The molecule has 0 fully saturated rings. The minimum absolute atomic E-state index is 0.303. The topological polar surface area (TPSA) is 66.4 Å². The Morgan fingerprint density at radius 2 is 2.08 bits per heavy atom. The molecule has 0 bridgehead atoms. The van der Waals surface area contributed by atoms with Crippen LogP contribution in [0, 0.1) is 0 Å². The molecule has 1 aliphatic rings. The van der Waals surface area contributed by atoms with Crippen LogP contribution in [0.15, 0.2) is 24.3 Å². The van der Waals surface area contributed by atoms with Gasteiger partial charge in [0, 0.05) is 0 Å². The van der Waals surface area contributed by atoms with E-state index in [1.165, 1.54) is 6.07 Å². The first-order valence-corrected chi connectivity index (χ1v) is 3.71. The van der Waals surface area contributed by atoms with E-state index < -0.39 is 17.9 Å². The summed E-state index contributed by atoms with van der Waals surface area (Å²) in [5.74, 6) is -1.74. The van der Waals surface area contributed by atoms with Crippen molar-refractivity contribution >= 4 is 11.8 Å². The quantitative estimate of drug-likeness (QED) is 0.536. The van der Waals surface area contributed by atoms with Gasteiger partial charge in [-0.05, 0) is 12.1 Å². The van der Waals surface area contributed by atoms with Gasteiger partial charge in [0.1, 0.15) is 5.75 Å². The third kappa shape index (κ3) is 1.07. The fraction of sp³-hybridized carbons (Fsp3) is 0.111. The Morgan fingerprint density at radius 3 is 2.69 bits per heavy atom. The Morgan fingerprint density at radius 1 is 1.38 bits per heavy atom. The van der Waals surface area contributed by atoms with Crippen LogP contribution in [0.2, 0.25) is 0 Å². The van der Waals surface area contributed by atoms with Gasteiger partial charge in [0.2, 0.25) is 11.9 Å². The highest BCUT2D eigenvalue weighted by Crippen LogP contribution is 2.27. The number of carboxylic acids is 1. The van der Waals surface area contributed by atoms with Crippen LogP contribution in [0.5, 0.6) is 5.75 Å². The number of carbonyl (C=O) groups is 2. The smallest absolute Gasteiger partial charge is 0.212 e. The highest BCUT2D eigenvalue weighted by atomic mass is 16.5. The lowest BCUT2D eigenvalue weighted by Gasteiger charge is -2.08. The van der Waals surface area contributed by atoms with E-state index in [-0.39, 0.29) is 0 Å². The lowest BCUT2D eigenvalue weighted by Crippen LogP contribution is -2.41. The number of benzene rings is 1. The standard InChI is InChI=1S/C9H6O4/c10-7-5-3-1-2-4-6(5)13-8(7)9(11)12/h1-4,8H,(H,11,12)/p-1. The van der Waals surface area contributed by atoms with Crippen LogP contribution >= 0.6 is 0 Å². The van der Waals surface area contributed by atoms with E-state index in [1.54, 1.807) is 18.2 Å². The number of hydrogen-bond donors (Lipinski definition) is 0. The van der Waals surface area contributed by atoms with Gasteiger partial charge in [0.25, 0.3) is 0 Å². The molecule has 0 saturated heterocycles. The molecule has 2 rings (SSSR count). The molecule has 1 aliphatic heterocycles. The summed E-state index contributed by atoms with van der Waals surface area (Å²) in [6, 6.07) is 6.40. The summed E-state index contributed by atoms with van der Waals surface area (Å²) in [6.07, 6.45) is -1.47. The van der Waals surface area contributed by atoms with Crippen molar-refractivity contribution in [3.05, 3.63) is 29.8 Å². The van der Waals surface area contributed by atoms with Crippen molar-refractivity contribution in [1.29, 1.82) is 0 Å². The molecule has 1 heterocycles. The first-order chi connectivity index (χ1) is 6.20. The number of ether oxygens (including phenoxy) is 1. The van der Waals surface area contributed by atoms with Gasteiger partial charge < -0.3 is 14.6 Å². The van der Waals surface area contributed by atoms with Crippen LogP contribution < -0.4 is 9.84 Å². The Balaban J connectivity index is 2.44. The number of carbonyl (C=O) groups excluding carboxylic acids is 2. The lowest BCUT2D eigenvalue weighted by atomic mass is 10.1. The van der Waals surface area contributed by atoms with E-state index >= 15 is 0 Å². The van der Waals surface area contributed by atoms with Gasteiger partial charge in [0.15, 0.2) is 0 Å².